The molecule has 6 nitrogen and oxygen atoms in total. The number of hydrogen-bond donors (Lipinski definition) is 1. The number of carbonyl (C=O) groups excluding carboxylic acids is 3. The average molecular weight is 231 g/mol. The summed E-state index contributed by atoms with van der Waals surface area (Å²) in [5.74, 6) is -1.76. The Labute approximate surface area is 94.3 Å². The Hall–Kier alpha value is -1.59. The van der Waals surface area contributed by atoms with Crippen LogP contribution in [0.25, 0.3) is 0 Å². The highest BCUT2D eigenvalue weighted by molar-refractivity contribution is 5.84. The lowest BCUT2D eigenvalue weighted by Gasteiger charge is -2.21. The molecule has 0 aliphatic heterocycles. The maximum Gasteiger partial charge on any atom is 0.328 e. The van der Waals surface area contributed by atoms with Crippen molar-refractivity contribution >= 4 is 17.8 Å². The van der Waals surface area contributed by atoms with Gasteiger partial charge in [-0.15, -0.1) is 0 Å². The zero-order chi connectivity index (χ0) is 12.7. The van der Waals surface area contributed by atoms with E-state index >= 15 is 0 Å². The fraction of sp³-hybridized carbons (Fsp3) is 0.700. The molecule has 0 aromatic heterocycles. The molecule has 6 heteroatoms. The Bertz CT molecular complexity index is 276. The predicted molar refractivity (Wildman–Crippen MR) is 55.4 cm³/mol. The van der Waals surface area contributed by atoms with Gasteiger partial charge in [0.1, 0.15) is 6.04 Å². The number of esters is 2. The molecule has 16 heavy (non-hydrogen) atoms. The van der Waals surface area contributed by atoms with Gasteiger partial charge in [0.25, 0.3) is 0 Å². The van der Waals surface area contributed by atoms with E-state index in [1.165, 1.54) is 21.1 Å². The van der Waals surface area contributed by atoms with Gasteiger partial charge in [-0.2, -0.15) is 0 Å². The molecular weight excluding hydrogens is 214 g/mol. The molecule has 2 atom stereocenters. The molecule has 92 valence electrons. The molecule has 0 radical (unpaired) electrons. The standard InChI is InChI=1S/C10H17NO5/c1-6(5-8(13)15-3)9(10(14)16-4)11-7(2)12/h6,9H,5H2,1-4H3,(H,11,12)/t6-,9+/m0/s1. The second kappa shape index (κ2) is 6.81. The number of nitrogens with one attached hydrogen (secondary N) is 1. The van der Waals surface area contributed by atoms with Crippen LogP contribution in [0.3, 0.4) is 0 Å². The van der Waals surface area contributed by atoms with Gasteiger partial charge in [-0.25, -0.2) is 4.79 Å². The highest BCUT2D eigenvalue weighted by Crippen LogP contribution is 2.10. The van der Waals surface area contributed by atoms with Crippen LogP contribution in [-0.2, 0) is 23.9 Å². The normalized spacial score (nSPS) is 13.5. The summed E-state index contributed by atoms with van der Waals surface area (Å²) in [4.78, 5) is 33.3. The van der Waals surface area contributed by atoms with E-state index in [-0.39, 0.29) is 18.2 Å². The van der Waals surface area contributed by atoms with Crippen LogP contribution in [0.5, 0.6) is 0 Å². The SMILES string of the molecule is COC(=O)C[C@H](C)[C@@H](NC(C)=O)C(=O)OC. The summed E-state index contributed by atoms with van der Waals surface area (Å²) in [5, 5.41) is 2.44. The molecule has 0 spiro atoms. The number of ether oxygens (including phenoxy) is 2. The largest absolute Gasteiger partial charge is 0.469 e. The van der Waals surface area contributed by atoms with Gasteiger partial charge in [0.15, 0.2) is 0 Å². The molecule has 0 aromatic carbocycles. The minimum atomic E-state index is -0.832. The van der Waals surface area contributed by atoms with Crippen molar-refractivity contribution in [2.45, 2.75) is 26.3 Å². The van der Waals surface area contributed by atoms with Crippen LogP contribution in [-0.4, -0.2) is 38.1 Å². The molecule has 0 bridgehead atoms. The van der Waals surface area contributed by atoms with E-state index < -0.39 is 18.0 Å². The van der Waals surface area contributed by atoms with E-state index in [4.69, 9.17) is 0 Å². The van der Waals surface area contributed by atoms with E-state index in [0.29, 0.717) is 0 Å². The molecule has 1 N–H and O–H groups in total. The smallest absolute Gasteiger partial charge is 0.328 e. The van der Waals surface area contributed by atoms with Gasteiger partial charge in [-0.1, -0.05) is 6.92 Å². The van der Waals surface area contributed by atoms with Crippen molar-refractivity contribution in [1.29, 1.82) is 0 Å². The summed E-state index contributed by atoms with van der Waals surface area (Å²) in [5.41, 5.74) is 0. The molecular formula is C10H17NO5. The Kier molecular flexibility index (Phi) is 6.14. The number of amides is 1. The van der Waals surface area contributed by atoms with Gasteiger partial charge in [0, 0.05) is 6.92 Å². The first-order valence-corrected chi connectivity index (χ1v) is 4.84. The molecule has 0 heterocycles. The third kappa shape index (κ3) is 4.77. The van der Waals surface area contributed by atoms with Crippen LogP contribution in [0, 0.1) is 5.92 Å². The minimum absolute atomic E-state index is 0.0382. The first-order chi connectivity index (χ1) is 7.42. The third-order valence-corrected chi connectivity index (χ3v) is 2.10. The summed E-state index contributed by atoms with van der Waals surface area (Å²) >= 11 is 0. The highest BCUT2D eigenvalue weighted by atomic mass is 16.5. The van der Waals surface area contributed by atoms with E-state index in [2.05, 4.69) is 14.8 Å². The molecule has 0 aliphatic rings. The first-order valence-electron chi connectivity index (χ1n) is 4.84. The third-order valence-electron chi connectivity index (χ3n) is 2.10. The summed E-state index contributed by atoms with van der Waals surface area (Å²) < 4.78 is 9.03. The molecule has 0 saturated heterocycles. The first kappa shape index (κ1) is 14.4. The van der Waals surface area contributed by atoms with Crippen molar-refractivity contribution in [3.63, 3.8) is 0 Å². The lowest BCUT2D eigenvalue weighted by Crippen LogP contribution is -2.45. The van der Waals surface area contributed by atoms with E-state index in [1.54, 1.807) is 6.92 Å². The van der Waals surface area contributed by atoms with Crippen LogP contribution < -0.4 is 5.32 Å². The summed E-state index contributed by atoms with van der Waals surface area (Å²) in [6.45, 7) is 2.95. The zero-order valence-electron chi connectivity index (χ0n) is 9.90. The van der Waals surface area contributed by atoms with Gasteiger partial charge < -0.3 is 14.8 Å². The van der Waals surface area contributed by atoms with Crippen molar-refractivity contribution in [1.82, 2.24) is 5.32 Å². The van der Waals surface area contributed by atoms with E-state index in [1.807, 2.05) is 0 Å². The Morgan fingerprint density at radius 1 is 1.19 bits per heavy atom. The minimum Gasteiger partial charge on any atom is -0.469 e. The van der Waals surface area contributed by atoms with Crippen LogP contribution >= 0.6 is 0 Å². The maximum absolute atomic E-state index is 11.4. The maximum atomic E-state index is 11.4. The second-order valence-electron chi connectivity index (χ2n) is 3.46. The van der Waals surface area contributed by atoms with Crippen LogP contribution in [0.4, 0.5) is 0 Å². The molecule has 0 aliphatic carbocycles. The fourth-order valence-corrected chi connectivity index (χ4v) is 1.24. The molecule has 0 aromatic rings. The van der Waals surface area contributed by atoms with Gasteiger partial charge >= 0.3 is 11.9 Å². The van der Waals surface area contributed by atoms with Gasteiger partial charge in [-0.3, -0.25) is 9.59 Å². The zero-order valence-corrected chi connectivity index (χ0v) is 9.90. The number of hydrogen-bond acceptors (Lipinski definition) is 5. The molecule has 1 amide bonds. The van der Waals surface area contributed by atoms with E-state index in [0.717, 1.165) is 0 Å². The van der Waals surface area contributed by atoms with Gasteiger partial charge in [-0.05, 0) is 5.92 Å². The Morgan fingerprint density at radius 3 is 2.12 bits per heavy atom. The predicted octanol–water partition coefficient (Wildman–Crippen LogP) is -0.137. The lowest BCUT2D eigenvalue weighted by molar-refractivity contribution is -0.148. The van der Waals surface area contributed by atoms with Crippen molar-refractivity contribution in [2.75, 3.05) is 14.2 Å². The van der Waals surface area contributed by atoms with Crippen molar-refractivity contribution in [3.05, 3.63) is 0 Å². The lowest BCUT2D eigenvalue weighted by atomic mass is 9.98. The quantitative estimate of drug-likeness (QED) is 0.666. The van der Waals surface area contributed by atoms with Crippen molar-refractivity contribution in [2.24, 2.45) is 5.92 Å². The van der Waals surface area contributed by atoms with Crippen LogP contribution in [0.1, 0.15) is 20.3 Å². The number of methoxy groups -OCH3 is 2. The summed E-state index contributed by atoms with van der Waals surface area (Å²) in [6.07, 6.45) is 0.0382. The monoisotopic (exact) mass is 231 g/mol. The highest BCUT2D eigenvalue weighted by Gasteiger charge is 2.28. The molecule has 0 fully saturated rings. The second-order valence-corrected chi connectivity index (χ2v) is 3.46. The van der Waals surface area contributed by atoms with Gasteiger partial charge in [0.05, 0.1) is 20.6 Å². The molecule has 0 saturated carbocycles. The molecule has 0 unspecified atom stereocenters. The average Bonchev–Trinajstić information content (AvgIpc) is 2.24. The summed E-state index contributed by atoms with van der Waals surface area (Å²) in [7, 11) is 2.49. The van der Waals surface area contributed by atoms with Crippen LogP contribution in [0.2, 0.25) is 0 Å². The topological polar surface area (TPSA) is 81.7 Å². The Morgan fingerprint density at radius 2 is 1.75 bits per heavy atom. The fourth-order valence-electron chi connectivity index (χ4n) is 1.24. The number of rotatable bonds is 5. The van der Waals surface area contributed by atoms with Gasteiger partial charge in [0.2, 0.25) is 5.91 Å². The number of carbonyl (C=O) groups is 3. The van der Waals surface area contributed by atoms with Crippen LogP contribution in [0.15, 0.2) is 0 Å². The molecule has 0 rings (SSSR count). The van der Waals surface area contributed by atoms with Crippen molar-refractivity contribution < 1.29 is 23.9 Å². The van der Waals surface area contributed by atoms with Crippen molar-refractivity contribution in [3.8, 4) is 0 Å². The summed E-state index contributed by atoms with van der Waals surface area (Å²) in [6, 6.07) is -0.832. The van der Waals surface area contributed by atoms with E-state index in [9.17, 15) is 14.4 Å². The Balaban J connectivity index is 4.55.